The summed E-state index contributed by atoms with van der Waals surface area (Å²) >= 11 is 0. The van der Waals surface area contributed by atoms with Crippen molar-refractivity contribution in [1.82, 2.24) is 10.2 Å². The zero-order valence-electron chi connectivity index (χ0n) is 15.0. The number of benzene rings is 2. The highest BCUT2D eigenvalue weighted by molar-refractivity contribution is 6.05. The molecule has 27 heavy (non-hydrogen) atoms. The third kappa shape index (κ3) is 4.83. The first-order valence-electron chi connectivity index (χ1n) is 9.05. The van der Waals surface area contributed by atoms with Crippen LogP contribution in [0.25, 0.3) is 6.08 Å². The molecular formula is C22H21N3O2. The highest BCUT2D eigenvalue weighted by Crippen LogP contribution is 2.15. The molecule has 0 aliphatic carbocycles. The summed E-state index contributed by atoms with van der Waals surface area (Å²) in [6, 6.07) is 17.8. The number of carbonyl (C=O) groups is 2. The Bertz CT molecular complexity index is 874. The zero-order valence-corrected chi connectivity index (χ0v) is 15.0. The largest absolute Gasteiger partial charge is 0.337 e. The second kappa shape index (κ2) is 8.81. The Morgan fingerprint density at radius 1 is 0.963 bits per heavy atom. The van der Waals surface area contributed by atoms with Crippen molar-refractivity contribution in [1.29, 1.82) is 5.26 Å². The van der Waals surface area contributed by atoms with Crippen LogP contribution in [0.4, 0.5) is 0 Å². The van der Waals surface area contributed by atoms with Gasteiger partial charge >= 0.3 is 0 Å². The molecule has 1 aliphatic rings. The van der Waals surface area contributed by atoms with E-state index in [0.29, 0.717) is 24.2 Å². The van der Waals surface area contributed by atoms with Gasteiger partial charge < -0.3 is 10.2 Å². The minimum atomic E-state index is -0.319. The first-order valence-corrected chi connectivity index (χ1v) is 9.05. The van der Waals surface area contributed by atoms with Gasteiger partial charge in [0.15, 0.2) is 0 Å². The van der Waals surface area contributed by atoms with E-state index in [9.17, 15) is 9.59 Å². The summed E-state index contributed by atoms with van der Waals surface area (Å²) in [5, 5.41) is 11.7. The third-order valence-electron chi connectivity index (χ3n) is 4.51. The van der Waals surface area contributed by atoms with E-state index in [2.05, 4.69) is 11.4 Å². The molecule has 0 bridgehead atoms. The lowest BCUT2D eigenvalue weighted by atomic mass is 10.1. The number of carbonyl (C=O) groups excluding carboxylic acids is 2. The second-order valence-electron chi connectivity index (χ2n) is 6.46. The van der Waals surface area contributed by atoms with E-state index in [0.717, 1.165) is 24.8 Å². The van der Waals surface area contributed by atoms with Crippen LogP contribution in [0, 0.1) is 11.3 Å². The minimum absolute atomic E-state index is 0.177. The molecule has 0 radical (unpaired) electrons. The van der Waals surface area contributed by atoms with Crippen LogP contribution < -0.4 is 5.32 Å². The second-order valence-corrected chi connectivity index (χ2v) is 6.46. The van der Waals surface area contributed by atoms with Crippen LogP contribution in [-0.2, 0) is 4.79 Å². The number of hydrogen-bond donors (Lipinski definition) is 1. The van der Waals surface area contributed by atoms with Crippen molar-refractivity contribution in [2.75, 3.05) is 13.1 Å². The Morgan fingerprint density at radius 3 is 2.26 bits per heavy atom. The molecule has 2 amide bonds. The van der Waals surface area contributed by atoms with Crippen molar-refractivity contribution in [3.05, 3.63) is 77.0 Å². The average Bonchev–Trinajstić information content (AvgIpc) is 2.74. The van der Waals surface area contributed by atoms with Gasteiger partial charge in [-0.05, 0) is 55.2 Å². The highest BCUT2D eigenvalue weighted by Gasteiger charge is 2.22. The van der Waals surface area contributed by atoms with Crippen LogP contribution in [0.15, 0.2) is 60.3 Å². The van der Waals surface area contributed by atoms with Gasteiger partial charge in [0, 0.05) is 18.7 Å². The molecule has 0 unspecified atom stereocenters. The topological polar surface area (TPSA) is 73.2 Å². The van der Waals surface area contributed by atoms with Gasteiger partial charge in [0.2, 0.25) is 0 Å². The van der Waals surface area contributed by atoms with Crippen LogP contribution in [0.1, 0.15) is 40.7 Å². The number of nitriles is 1. The molecule has 0 spiro atoms. The standard InChI is InChI=1S/C22H21N3O2/c23-16-18-11-9-17(10-12-18)15-20(22(27)25-13-5-2-6-14-25)24-21(26)19-7-3-1-4-8-19/h1,3-4,7-12,15H,2,5-6,13-14H2,(H,24,26). The molecule has 1 saturated heterocycles. The quantitative estimate of drug-likeness (QED) is 0.851. The molecule has 5 nitrogen and oxygen atoms in total. The van der Waals surface area contributed by atoms with Crippen LogP contribution in [-0.4, -0.2) is 29.8 Å². The molecule has 136 valence electrons. The summed E-state index contributed by atoms with van der Waals surface area (Å²) < 4.78 is 0. The van der Waals surface area contributed by atoms with Gasteiger partial charge in [-0.2, -0.15) is 5.26 Å². The van der Waals surface area contributed by atoms with Crippen LogP contribution >= 0.6 is 0 Å². The smallest absolute Gasteiger partial charge is 0.270 e. The lowest BCUT2D eigenvalue weighted by molar-refractivity contribution is -0.128. The van der Waals surface area contributed by atoms with Gasteiger partial charge in [-0.3, -0.25) is 9.59 Å². The number of likely N-dealkylation sites (tertiary alicyclic amines) is 1. The summed E-state index contributed by atoms with van der Waals surface area (Å²) in [6.45, 7) is 1.40. The summed E-state index contributed by atoms with van der Waals surface area (Å²) in [4.78, 5) is 27.3. The zero-order chi connectivity index (χ0) is 19.1. The molecule has 1 heterocycles. The molecular weight excluding hydrogens is 338 g/mol. The summed E-state index contributed by atoms with van der Waals surface area (Å²) in [6.07, 6.45) is 4.73. The molecule has 1 fully saturated rings. The molecule has 0 saturated carbocycles. The SMILES string of the molecule is N#Cc1ccc(C=C(NC(=O)c2ccccc2)C(=O)N2CCCCC2)cc1. The van der Waals surface area contributed by atoms with Crippen molar-refractivity contribution in [3.63, 3.8) is 0 Å². The lowest BCUT2D eigenvalue weighted by Gasteiger charge is -2.27. The summed E-state index contributed by atoms with van der Waals surface area (Å²) in [7, 11) is 0. The number of piperidine rings is 1. The van der Waals surface area contributed by atoms with E-state index in [1.807, 2.05) is 6.07 Å². The first kappa shape index (κ1) is 18.4. The summed E-state index contributed by atoms with van der Waals surface area (Å²) in [5.74, 6) is -0.496. The van der Waals surface area contributed by atoms with Crippen LogP contribution in [0.5, 0.6) is 0 Å². The fourth-order valence-corrected chi connectivity index (χ4v) is 3.02. The van der Waals surface area contributed by atoms with Crippen molar-refractivity contribution in [2.24, 2.45) is 0 Å². The third-order valence-corrected chi connectivity index (χ3v) is 4.51. The molecule has 1 aliphatic heterocycles. The summed E-state index contributed by atoms with van der Waals surface area (Å²) in [5.41, 5.74) is 2.04. The molecule has 5 heteroatoms. The maximum Gasteiger partial charge on any atom is 0.270 e. The molecule has 0 atom stereocenters. The fraction of sp³-hybridized carbons (Fsp3) is 0.227. The Kier molecular flexibility index (Phi) is 6.01. The first-order chi connectivity index (χ1) is 13.2. The number of amides is 2. The molecule has 3 rings (SSSR count). The normalized spacial score (nSPS) is 14.3. The number of nitrogens with one attached hydrogen (secondary N) is 1. The maximum atomic E-state index is 13.0. The van der Waals surface area contributed by atoms with E-state index in [-0.39, 0.29) is 17.5 Å². The van der Waals surface area contributed by atoms with E-state index < -0.39 is 0 Å². The van der Waals surface area contributed by atoms with E-state index in [1.165, 1.54) is 0 Å². The maximum absolute atomic E-state index is 13.0. The van der Waals surface area contributed by atoms with Gasteiger partial charge in [-0.1, -0.05) is 30.3 Å². The fourth-order valence-electron chi connectivity index (χ4n) is 3.02. The van der Waals surface area contributed by atoms with Gasteiger partial charge in [0.05, 0.1) is 11.6 Å². The van der Waals surface area contributed by atoms with E-state index in [4.69, 9.17) is 5.26 Å². The van der Waals surface area contributed by atoms with Crippen molar-refractivity contribution < 1.29 is 9.59 Å². The molecule has 2 aromatic rings. The Balaban J connectivity index is 1.87. The van der Waals surface area contributed by atoms with Crippen molar-refractivity contribution in [2.45, 2.75) is 19.3 Å². The number of nitrogens with zero attached hydrogens (tertiary/aromatic N) is 2. The van der Waals surface area contributed by atoms with E-state index in [1.54, 1.807) is 59.5 Å². The van der Waals surface area contributed by atoms with Crippen molar-refractivity contribution in [3.8, 4) is 6.07 Å². The molecule has 1 N–H and O–H groups in total. The van der Waals surface area contributed by atoms with E-state index >= 15 is 0 Å². The van der Waals surface area contributed by atoms with Gasteiger partial charge in [0.1, 0.15) is 5.70 Å². The number of rotatable bonds is 4. The van der Waals surface area contributed by atoms with Gasteiger partial charge in [-0.15, -0.1) is 0 Å². The molecule has 0 aromatic heterocycles. The Hall–Kier alpha value is -3.39. The van der Waals surface area contributed by atoms with Crippen LogP contribution in [0.2, 0.25) is 0 Å². The predicted octanol–water partition coefficient (Wildman–Crippen LogP) is 3.34. The van der Waals surface area contributed by atoms with Crippen molar-refractivity contribution >= 4 is 17.9 Å². The number of hydrogen-bond acceptors (Lipinski definition) is 3. The monoisotopic (exact) mass is 359 g/mol. The Labute approximate surface area is 158 Å². The molecule has 2 aromatic carbocycles. The van der Waals surface area contributed by atoms with Gasteiger partial charge in [-0.25, -0.2) is 0 Å². The highest BCUT2D eigenvalue weighted by atomic mass is 16.2. The average molecular weight is 359 g/mol. The lowest BCUT2D eigenvalue weighted by Crippen LogP contribution is -2.41. The van der Waals surface area contributed by atoms with Crippen LogP contribution in [0.3, 0.4) is 0 Å². The van der Waals surface area contributed by atoms with Gasteiger partial charge in [0.25, 0.3) is 11.8 Å². The Morgan fingerprint density at radius 2 is 1.63 bits per heavy atom. The predicted molar refractivity (Wildman–Crippen MR) is 103 cm³/mol. The minimum Gasteiger partial charge on any atom is -0.337 e.